The Morgan fingerprint density at radius 3 is 1.40 bits per heavy atom. The molecule has 8 aromatic rings. The van der Waals surface area contributed by atoms with Gasteiger partial charge in [0, 0.05) is 57.4 Å². The van der Waals surface area contributed by atoms with Crippen LogP contribution in [0.15, 0.2) is 207 Å². The van der Waals surface area contributed by atoms with Gasteiger partial charge in [-0.3, -0.25) is 0 Å². The van der Waals surface area contributed by atoms with E-state index in [0.717, 1.165) is 33.5 Å². The lowest BCUT2D eigenvalue weighted by Gasteiger charge is -2.48. The standard InChI is InChI=1S/C24H33P.C15H13N3.C9H7ClN2.C6H7N/c1-21(2,3)25(22(4,5)6)23(7)18-24(23,19-14-10-8-11-15-19)20-16-12-9-13-17-20;1-2-6-13(7-3-1)17-14-8-4-9-15(12-14)18-11-5-10-16-18;10-8-3-1-4-9(7-8)12-6-2-5-11-12;7-6-4-2-1-3-5-6/h8-17H,18H2,1-7H3;1-12,17H;1-7H;1-5H,7H2. The quantitative estimate of drug-likeness (QED) is 0.124. The molecule has 0 saturated heterocycles. The van der Waals surface area contributed by atoms with Gasteiger partial charge in [0.25, 0.3) is 0 Å². The molecule has 9 rings (SSSR count). The summed E-state index contributed by atoms with van der Waals surface area (Å²) in [6, 6.07) is 61.6. The van der Waals surface area contributed by atoms with Gasteiger partial charge in [0.15, 0.2) is 0 Å². The zero-order chi connectivity index (χ0) is 44.2. The maximum absolute atomic E-state index is 5.82. The molecule has 0 bridgehead atoms. The topological polar surface area (TPSA) is 73.7 Å². The number of nitrogens with zero attached hydrogens (tertiary/aromatic N) is 4. The van der Waals surface area contributed by atoms with Gasteiger partial charge in [0.05, 0.1) is 11.4 Å². The number of nitrogens with two attached hydrogens (primary N) is 1. The second-order valence-electron chi connectivity index (χ2n) is 17.6. The van der Waals surface area contributed by atoms with Crippen molar-refractivity contribution in [1.82, 2.24) is 19.6 Å². The van der Waals surface area contributed by atoms with Crippen molar-refractivity contribution < 1.29 is 0 Å². The molecule has 2 heterocycles. The molecule has 2 aromatic heterocycles. The molecule has 1 saturated carbocycles. The van der Waals surface area contributed by atoms with Gasteiger partial charge in [-0.05, 0) is 101 Å². The van der Waals surface area contributed by atoms with Crippen molar-refractivity contribution in [2.75, 3.05) is 11.1 Å². The smallest absolute Gasteiger partial charge is 0.0666 e. The molecule has 0 aliphatic heterocycles. The van der Waals surface area contributed by atoms with Crippen molar-refractivity contribution in [3.05, 3.63) is 223 Å². The van der Waals surface area contributed by atoms with Crippen molar-refractivity contribution in [3.8, 4) is 11.4 Å². The lowest BCUT2D eigenvalue weighted by Crippen LogP contribution is -2.35. The van der Waals surface area contributed by atoms with Gasteiger partial charge < -0.3 is 11.1 Å². The summed E-state index contributed by atoms with van der Waals surface area (Å²) >= 11 is 5.82. The zero-order valence-corrected chi connectivity index (χ0v) is 38.7. The summed E-state index contributed by atoms with van der Waals surface area (Å²) in [5.74, 6) is 0. The Balaban J connectivity index is 0.000000150. The number of halogens is 1. The first-order valence-corrected chi connectivity index (χ1v) is 22.8. The van der Waals surface area contributed by atoms with Gasteiger partial charge in [0.1, 0.15) is 0 Å². The second-order valence-corrected chi connectivity index (χ2v) is 22.4. The lowest BCUT2D eigenvalue weighted by atomic mass is 9.86. The van der Waals surface area contributed by atoms with E-state index in [1.165, 1.54) is 17.5 Å². The van der Waals surface area contributed by atoms with Gasteiger partial charge in [-0.1, -0.05) is 177 Å². The summed E-state index contributed by atoms with van der Waals surface area (Å²) in [7, 11) is -0.208. The molecule has 1 atom stereocenters. The molecular weight excluding hydrogens is 799 g/mol. The van der Waals surface area contributed by atoms with Crippen LogP contribution in [0.5, 0.6) is 0 Å². The molecule has 3 N–H and O–H groups in total. The number of benzene rings is 6. The fourth-order valence-electron chi connectivity index (χ4n) is 9.00. The van der Waals surface area contributed by atoms with Gasteiger partial charge in [-0.2, -0.15) is 10.2 Å². The van der Waals surface area contributed by atoms with E-state index >= 15 is 0 Å². The number of anilines is 3. The summed E-state index contributed by atoms with van der Waals surface area (Å²) in [6.07, 6.45) is 8.58. The van der Waals surface area contributed by atoms with Crippen molar-refractivity contribution in [3.63, 3.8) is 0 Å². The Morgan fingerprint density at radius 2 is 0.984 bits per heavy atom. The highest BCUT2D eigenvalue weighted by Gasteiger charge is 2.71. The third-order valence-electron chi connectivity index (χ3n) is 10.8. The average Bonchev–Trinajstić information content (AvgIpc) is 3.70. The number of nitrogen functional groups attached to an aromatic ring is 1. The molecule has 6 nitrogen and oxygen atoms in total. The molecule has 1 unspecified atom stereocenters. The van der Waals surface area contributed by atoms with Crippen LogP contribution in [0.4, 0.5) is 17.1 Å². The van der Waals surface area contributed by atoms with Crippen LogP contribution >= 0.6 is 19.5 Å². The molecule has 1 aliphatic rings. The Morgan fingerprint density at radius 1 is 0.548 bits per heavy atom. The maximum Gasteiger partial charge on any atom is 0.0666 e. The molecular formula is C54H60ClN6P. The number of hydrogen-bond donors (Lipinski definition) is 2. The summed E-state index contributed by atoms with van der Waals surface area (Å²) < 4.78 is 3.61. The monoisotopic (exact) mass is 858 g/mol. The highest BCUT2D eigenvalue weighted by Crippen LogP contribution is 2.83. The molecule has 1 fully saturated rings. The van der Waals surface area contributed by atoms with E-state index in [-0.39, 0.29) is 13.3 Å². The first kappa shape index (κ1) is 45.6. The number of rotatable bonds is 7. The van der Waals surface area contributed by atoms with E-state index in [2.05, 4.69) is 131 Å². The minimum atomic E-state index is -0.208. The van der Waals surface area contributed by atoms with Crippen LogP contribution in [0, 0.1) is 0 Å². The Labute approximate surface area is 375 Å². The van der Waals surface area contributed by atoms with Crippen molar-refractivity contribution in [1.29, 1.82) is 0 Å². The number of aromatic nitrogens is 4. The van der Waals surface area contributed by atoms with E-state index in [0.29, 0.717) is 15.5 Å². The van der Waals surface area contributed by atoms with Crippen LogP contribution in [0.2, 0.25) is 5.02 Å². The summed E-state index contributed by atoms with van der Waals surface area (Å²) in [5, 5.41) is 13.4. The van der Waals surface area contributed by atoms with Crippen LogP contribution in [-0.4, -0.2) is 35.0 Å². The van der Waals surface area contributed by atoms with Crippen LogP contribution in [0.3, 0.4) is 0 Å². The van der Waals surface area contributed by atoms with E-state index in [1.54, 1.807) is 17.1 Å². The third kappa shape index (κ3) is 11.5. The predicted molar refractivity (Wildman–Crippen MR) is 266 cm³/mol. The molecule has 8 heteroatoms. The second kappa shape index (κ2) is 20.3. The molecule has 1 aliphatic carbocycles. The molecule has 62 heavy (non-hydrogen) atoms. The minimum Gasteiger partial charge on any atom is -0.399 e. The minimum absolute atomic E-state index is 0.155. The van der Waals surface area contributed by atoms with E-state index in [4.69, 9.17) is 17.3 Å². The van der Waals surface area contributed by atoms with E-state index in [1.807, 2.05) is 132 Å². The first-order chi connectivity index (χ1) is 29.7. The highest BCUT2D eigenvalue weighted by molar-refractivity contribution is 7.63. The molecule has 0 amide bonds. The molecule has 0 spiro atoms. The van der Waals surface area contributed by atoms with Gasteiger partial charge in [-0.25, -0.2) is 9.36 Å². The van der Waals surface area contributed by atoms with Crippen LogP contribution in [0.25, 0.3) is 11.4 Å². The maximum atomic E-state index is 5.82. The normalized spacial score (nSPS) is 15.1. The summed E-state index contributed by atoms with van der Waals surface area (Å²) in [5.41, 5.74) is 13.5. The highest BCUT2D eigenvalue weighted by atomic mass is 35.5. The zero-order valence-electron chi connectivity index (χ0n) is 37.0. The fraction of sp³-hybridized carbons (Fsp3) is 0.222. The third-order valence-corrected chi connectivity index (χ3v) is 15.3. The van der Waals surface area contributed by atoms with Crippen LogP contribution in [-0.2, 0) is 5.41 Å². The lowest BCUT2D eigenvalue weighted by molar-refractivity contribution is 0.661. The van der Waals surface area contributed by atoms with Gasteiger partial charge >= 0.3 is 0 Å². The molecule has 6 aromatic carbocycles. The number of hydrogen-bond acceptors (Lipinski definition) is 4. The summed E-state index contributed by atoms with van der Waals surface area (Å²) in [4.78, 5) is 0. The van der Waals surface area contributed by atoms with Crippen LogP contribution in [0.1, 0.15) is 66.0 Å². The molecule has 0 radical (unpaired) electrons. The Bertz CT molecular complexity index is 2460. The molecule has 318 valence electrons. The van der Waals surface area contributed by atoms with Crippen LogP contribution < -0.4 is 11.1 Å². The van der Waals surface area contributed by atoms with E-state index in [9.17, 15) is 0 Å². The number of para-hydroxylation sites is 2. The van der Waals surface area contributed by atoms with Crippen molar-refractivity contribution in [2.45, 2.75) is 75.8 Å². The Hall–Kier alpha value is -5.94. The fourth-order valence-corrected chi connectivity index (χ4v) is 15.2. The Kier molecular flexibility index (Phi) is 14.9. The van der Waals surface area contributed by atoms with Crippen molar-refractivity contribution >= 4 is 36.6 Å². The van der Waals surface area contributed by atoms with Gasteiger partial charge in [0.2, 0.25) is 0 Å². The average molecular weight is 860 g/mol. The largest absolute Gasteiger partial charge is 0.399 e. The van der Waals surface area contributed by atoms with Gasteiger partial charge in [-0.15, -0.1) is 0 Å². The first-order valence-electron chi connectivity index (χ1n) is 21.1. The SMILES string of the molecule is CC(C)(C)P(C(C)(C)C)C1(C)CC1(c1ccccc1)c1ccccc1.Clc1cccc(-n2cccn2)c1.Nc1ccccc1.c1ccc(Nc2cccc(-n3cccn3)c2)cc1. The van der Waals surface area contributed by atoms with E-state index < -0.39 is 0 Å². The summed E-state index contributed by atoms with van der Waals surface area (Å²) in [6.45, 7) is 17.3. The van der Waals surface area contributed by atoms with Crippen molar-refractivity contribution in [2.24, 2.45) is 0 Å². The predicted octanol–water partition coefficient (Wildman–Crippen LogP) is 14.6. The number of nitrogens with one attached hydrogen (secondary N) is 1.